The summed E-state index contributed by atoms with van der Waals surface area (Å²) in [7, 11) is -0.647. The van der Waals surface area contributed by atoms with Crippen molar-refractivity contribution in [3.8, 4) is 0 Å². The maximum Gasteiger partial charge on any atom is 0.0850 e. The average Bonchev–Trinajstić information content (AvgIpc) is 3.72. The van der Waals surface area contributed by atoms with Crippen molar-refractivity contribution < 1.29 is 0 Å². The zero-order chi connectivity index (χ0) is 26.5. The molecule has 0 saturated carbocycles. The van der Waals surface area contributed by atoms with E-state index in [-0.39, 0.29) is 11.6 Å². The second kappa shape index (κ2) is 11.8. The minimum atomic E-state index is -0.647. The molecule has 0 bridgehead atoms. The van der Waals surface area contributed by atoms with Crippen LogP contribution in [0.5, 0.6) is 0 Å². The molecule has 2 atom stereocenters. The summed E-state index contributed by atoms with van der Waals surface area (Å²) in [6.45, 7) is 3.44. The van der Waals surface area contributed by atoms with Gasteiger partial charge in [-0.05, 0) is 73.3 Å². The van der Waals surface area contributed by atoms with Crippen LogP contribution in [0.15, 0.2) is 144 Å². The summed E-state index contributed by atoms with van der Waals surface area (Å²) in [5.74, 6) is 0. The van der Waals surface area contributed by atoms with E-state index in [2.05, 4.69) is 151 Å². The van der Waals surface area contributed by atoms with Crippen molar-refractivity contribution in [1.82, 2.24) is 10.6 Å². The van der Waals surface area contributed by atoms with E-state index >= 15 is 0 Å². The molecule has 196 valence electrons. The highest BCUT2D eigenvalue weighted by molar-refractivity contribution is 7.77. The standard InChI is InChI=1S/C36H37N2P/c1-28(33-24-14-25-34(33)39(31-20-10-4-11-21-31)32-22-12-5-13-23-32)38-36(35-26-15-27-37-35,29-16-6-2-7-17-29)30-18-8-3-9-19-30/h2-14,16-23,25,28,35,37-38H,15,24,26-27H2,1H3/t28-,35?/m1/s1. The van der Waals surface area contributed by atoms with Crippen molar-refractivity contribution in [2.45, 2.75) is 43.8 Å². The maximum atomic E-state index is 4.28. The third-order valence-electron chi connectivity index (χ3n) is 8.22. The number of rotatable bonds is 9. The van der Waals surface area contributed by atoms with Crippen molar-refractivity contribution in [1.29, 1.82) is 0 Å². The van der Waals surface area contributed by atoms with E-state index in [9.17, 15) is 0 Å². The van der Waals surface area contributed by atoms with Crippen LogP contribution in [0, 0.1) is 0 Å². The van der Waals surface area contributed by atoms with E-state index in [1.54, 1.807) is 0 Å². The minimum absolute atomic E-state index is 0.190. The van der Waals surface area contributed by atoms with E-state index in [0.717, 1.165) is 19.4 Å². The molecule has 1 aliphatic carbocycles. The van der Waals surface area contributed by atoms with Crippen molar-refractivity contribution in [2.75, 3.05) is 6.54 Å². The molecular formula is C36H37N2P. The van der Waals surface area contributed by atoms with Crippen LogP contribution in [0.25, 0.3) is 0 Å². The van der Waals surface area contributed by atoms with Crippen molar-refractivity contribution in [2.24, 2.45) is 0 Å². The summed E-state index contributed by atoms with van der Waals surface area (Å²) in [6.07, 6.45) is 8.10. The van der Waals surface area contributed by atoms with Crippen molar-refractivity contribution >= 4 is 18.5 Å². The predicted molar refractivity (Wildman–Crippen MR) is 167 cm³/mol. The van der Waals surface area contributed by atoms with Gasteiger partial charge in [0.2, 0.25) is 0 Å². The molecule has 2 N–H and O–H groups in total. The first-order chi connectivity index (χ1) is 19.3. The van der Waals surface area contributed by atoms with Gasteiger partial charge in [-0.1, -0.05) is 133 Å². The van der Waals surface area contributed by atoms with Gasteiger partial charge in [0.1, 0.15) is 0 Å². The fourth-order valence-corrected chi connectivity index (χ4v) is 9.05. The van der Waals surface area contributed by atoms with Gasteiger partial charge in [-0.2, -0.15) is 0 Å². The molecule has 0 radical (unpaired) electrons. The van der Waals surface area contributed by atoms with E-state index < -0.39 is 7.92 Å². The molecule has 1 unspecified atom stereocenters. The van der Waals surface area contributed by atoms with Gasteiger partial charge in [-0.3, -0.25) is 5.32 Å². The Hall–Kier alpha value is -3.29. The third-order valence-corrected chi connectivity index (χ3v) is 10.8. The number of hydrogen-bond acceptors (Lipinski definition) is 2. The van der Waals surface area contributed by atoms with Crippen LogP contribution in [-0.4, -0.2) is 18.6 Å². The van der Waals surface area contributed by atoms with Gasteiger partial charge in [0.05, 0.1) is 5.54 Å². The van der Waals surface area contributed by atoms with Gasteiger partial charge in [0.15, 0.2) is 0 Å². The van der Waals surface area contributed by atoms with Crippen LogP contribution in [0.1, 0.15) is 37.3 Å². The Morgan fingerprint density at radius 2 is 1.26 bits per heavy atom. The largest absolute Gasteiger partial charge is 0.311 e. The van der Waals surface area contributed by atoms with Crippen LogP contribution >= 0.6 is 7.92 Å². The molecule has 3 heteroatoms. The Labute approximate surface area is 234 Å². The second-order valence-corrected chi connectivity index (χ2v) is 12.8. The number of hydrogen-bond donors (Lipinski definition) is 2. The SMILES string of the molecule is C[C@@H](NC(c1ccccc1)(c1ccccc1)C1CCCN1)C1=C(P(c2ccccc2)c2ccccc2)C=CC1. The molecule has 2 nitrogen and oxygen atoms in total. The van der Waals surface area contributed by atoms with Gasteiger partial charge in [0, 0.05) is 12.1 Å². The smallest absolute Gasteiger partial charge is 0.0850 e. The topological polar surface area (TPSA) is 24.1 Å². The van der Waals surface area contributed by atoms with E-state index in [0.29, 0.717) is 6.04 Å². The lowest BCUT2D eigenvalue weighted by Crippen LogP contribution is -2.58. The summed E-state index contributed by atoms with van der Waals surface area (Å²) in [6, 6.07) is 44.8. The molecule has 1 heterocycles. The number of nitrogens with one attached hydrogen (secondary N) is 2. The van der Waals surface area contributed by atoms with Gasteiger partial charge < -0.3 is 5.32 Å². The van der Waals surface area contributed by atoms with Gasteiger partial charge >= 0.3 is 0 Å². The van der Waals surface area contributed by atoms with Crippen LogP contribution < -0.4 is 21.2 Å². The van der Waals surface area contributed by atoms with E-state index in [4.69, 9.17) is 0 Å². The Balaban J connectivity index is 1.47. The highest BCUT2D eigenvalue weighted by atomic mass is 31.1. The fourth-order valence-electron chi connectivity index (χ4n) is 6.43. The van der Waals surface area contributed by atoms with Crippen LogP contribution in [0.4, 0.5) is 0 Å². The number of allylic oxidation sites excluding steroid dienone is 3. The van der Waals surface area contributed by atoms with Gasteiger partial charge in [-0.25, -0.2) is 0 Å². The first kappa shape index (κ1) is 26.0. The lowest BCUT2D eigenvalue weighted by atomic mass is 9.75. The lowest BCUT2D eigenvalue weighted by Gasteiger charge is -2.44. The quantitative estimate of drug-likeness (QED) is 0.229. The molecule has 1 aliphatic heterocycles. The monoisotopic (exact) mass is 528 g/mol. The zero-order valence-corrected chi connectivity index (χ0v) is 23.5. The Morgan fingerprint density at radius 3 is 1.74 bits per heavy atom. The summed E-state index contributed by atoms with van der Waals surface area (Å²) in [4.78, 5) is 0. The summed E-state index contributed by atoms with van der Waals surface area (Å²) in [5, 5.41) is 12.5. The van der Waals surface area contributed by atoms with E-state index in [1.807, 2.05) is 0 Å². The maximum absolute atomic E-state index is 4.28. The molecule has 0 amide bonds. The highest BCUT2D eigenvalue weighted by Gasteiger charge is 2.44. The van der Waals surface area contributed by atoms with Crippen LogP contribution in [-0.2, 0) is 5.54 Å². The van der Waals surface area contributed by atoms with Crippen LogP contribution in [0.3, 0.4) is 0 Å². The molecule has 4 aromatic carbocycles. The molecule has 1 saturated heterocycles. The molecule has 2 aliphatic rings. The normalized spacial score (nSPS) is 18.2. The summed E-state index contributed by atoms with van der Waals surface area (Å²) in [5.41, 5.74) is 3.82. The highest BCUT2D eigenvalue weighted by Crippen LogP contribution is 2.49. The lowest BCUT2D eigenvalue weighted by molar-refractivity contribution is 0.286. The molecule has 39 heavy (non-hydrogen) atoms. The molecule has 0 aromatic heterocycles. The molecule has 1 fully saturated rings. The summed E-state index contributed by atoms with van der Waals surface area (Å²) < 4.78 is 0. The average molecular weight is 529 g/mol. The summed E-state index contributed by atoms with van der Waals surface area (Å²) >= 11 is 0. The van der Waals surface area contributed by atoms with Crippen molar-refractivity contribution in [3.05, 3.63) is 155 Å². The Bertz CT molecular complexity index is 1330. The van der Waals surface area contributed by atoms with E-state index in [1.165, 1.54) is 39.0 Å². The zero-order valence-electron chi connectivity index (χ0n) is 22.6. The molecule has 0 spiro atoms. The Kier molecular flexibility index (Phi) is 7.88. The first-order valence-corrected chi connectivity index (χ1v) is 15.5. The third kappa shape index (κ3) is 5.18. The Morgan fingerprint density at radius 1 is 0.744 bits per heavy atom. The minimum Gasteiger partial charge on any atom is -0.311 e. The molecule has 4 aromatic rings. The first-order valence-electron chi connectivity index (χ1n) is 14.2. The predicted octanol–water partition coefficient (Wildman–Crippen LogP) is 7.01. The van der Waals surface area contributed by atoms with Gasteiger partial charge in [0.25, 0.3) is 0 Å². The molecular weight excluding hydrogens is 491 g/mol. The number of benzene rings is 4. The fraction of sp³-hybridized carbons (Fsp3) is 0.222. The van der Waals surface area contributed by atoms with Crippen LogP contribution in [0.2, 0.25) is 0 Å². The van der Waals surface area contributed by atoms with Crippen molar-refractivity contribution in [3.63, 3.8) is 0 Å². The second-order valence-electron chi connectivity index (χ2n) is 10.6. The molecule has 6 rings (SSSR count). The van der Waals surface area contributed by atoms with Gasteiger partial charge in [-0.15, -0.1) is 0 Å².